The van der Waals surface area contributed by atoms with Gasteiger partial charge in [0.25, 0.3) is 0 Å². The zero-order chi connectivity index (χ0) is 22.6. The van der Waals surface area contributed by atoms with E-state index in [0.717, 1.165) is 5.56 Å². The summed E-state index contributed by atoms with van der Waals surface area (Å²) in [6, 6.07) is 9.85. The average Bonchev–Trinajstić information content (AvgIpc) is 3.23. The largest absolute Gasteiger partial charge is 0.339 e. The van der Waals surface area contributed by atoms with Crippen molar-refractivity contribution in [1.82, 2.24) is 19.9 Å². The number of amides is 2. The number of nitrogens with zero attached hydrogens (tertiary/aromatic N) is 4. The van der Waals surface area contributed by atoms with Crippen LogP contribution in [-0.4, -0.2) is 57.9 Å². The van der Waals surface area contributed by atoms with Gasteiger partial charge in [-0.1, -0.05) is 56.3 Å². The molecule has 7 heteroatoms. The normalized spacial score (nSPS) is 15.3. The lowest BCUT2D eigenvalue weighted by Crippen LogP contribution is -2.54. The molecule has 0 bridgehead atoms. The number of hydrogen-bond donors (Lipinski definition) is 0. The van der Waals surface area contributed by atoms with Gasteiger partial charge in [0, 0.05) is 44.4 Å². The monoisotopic (exact) mass is 426 g/mol. The van der Waals surface area contributed by atoms with Crippen LogP contribution in [-0.2, 0) is 26.8 Å². The zero-order valence-electron chi connectivity index (χ0n) is 19.4. The standard InChI is InChI=1S/C24H34N4O3/c1-23(2,3)21-25-19(31-26-21)12-9-13-20(29)27-14-16-28(17-15-27)22(30)24(4,5)18-10-7-6-8-11-18/h6-8,10-11H,9,12-17H2,1-5H3. The summed E-state index contributed by atoms with van der Waals surface area (Å²) in [5, 5.41) is 4.02. The van der Waals surface area contributed by atoms with E-state index in [9.17, 15) is 9.59 Å². The van der Waals surface area contributed by atoms with Gasteiger partial charge in [0.2, 0.25) is 17.7 Å². The Labute approximate surface area is 184 Å². The van der Waals surface area contributed by atoms with Gasteiger partial charge in [0.15, 0.2) is 5.82 Å². The molecule has 1 aliphatic rings. The molecule has 2 aromatic rings. The van der Waals surface area contributed by atoms with E-state index in [1.165, 1.54) is 0 Å². The molecule has 3 rings (SSSR count). The van der Waals surface area contributed by atoms with Crippen LogP contribution >= 0.6 is 0 Å². The highest BCUT2D eigenvalue weighted by Crippen LogP contribution is 2.26. The van der Waals surface area contributed by atoms with Gasteiger partial charge in [-0.05, 0) is 25.8 Å². The summed E-state index contributed by atoms with van der Waals surface area (Å²) >= 11 is 0. The van der Waals surface area contributed by atoms with Crippen molar-refractivity contribution in [3.8, 4) is 0 Å². The summed E-state index contributed by atoms with van der Waals surface area (Å²) in [5.41, 5.74) is 0.279. The van der Waals surface area contributed by atoms with Crippen molar-refractivity contribution >= 4 is 11.8 Å². The molecule has 168 valence electrons. The molecular weight excluding hydrogens is 392 g/mol. The van der Waals surface area contributed by atoms with Crippen LogP contribution in [0.2, 0.25) is 0 Å². The molecule has 1 fully saturated rings. The van der Waals surface area contributed by atoms with E-state index >= 15 is 0 Å². The van der Waals surface area contributed by atoms with Crippen molar-refractivity contribution in [3.05, 3.63) is 47.6 Å². The maximum atomic E-state index is 13.1. The first-order chi connectivity index (χ1) is 14.6. The third-order valence-electron chi connectivity index (χ3n) is 5.87. The number of piperazine rings is 1. The van der Waals surface area contributed by atoms with Crippen LogP contribution in [0.3, 0.4) is 0 Å². The molecular formula is C24H34N4O3. The molecule has 1 saturated heterocycles. The molecule has 0 radical (unpaired) electrons. The topological polar surface area (TPSA) is 79.5 Å². The molecule has 31 heavy (non-hydrogen) atoms. The van der Waals surface area contributed by atoms with Crippen molar-refractivity contribution in [1.29, 1.82) is 0 Å². The second kappa shape index (κ2) is 9.20. The molecule has 0 saturated carbocycles. The first-order valence-corrected chi connectivity index (χ1v) is 11.0. The predicted molar refractivity (Wildman–Crippen MR) is 119 cm³/mol. The first-order valence-electron chi connectivity index (χ1n) is 11.0. The van der Waals surface area contributed by atoms with Crippen LogP contribution in [0.1, 0.15) is 64.7 Å². The van der Waals surface area contributed by atoms with Gasteiger partial charge in [-0.3, -0.25) is 9.59 Å². The third-order valence-corrected chi connectivity index (χ3v) is 5.87. The highest BCUT2D eigenvalue weighted by atomic mass is 16.5. The average molecular weight is 427 g/mol. The Hall–Kier alpha value is -2.70. The predicted octanol–water partition coefficient (Wildman–Crippen LogP) is 3.34. The van der Waals surface area contributed by atoms with Crippen molar-refractivity contribution in [2.75, 3.05) is 26.2 Å². The van der Waals surface area contributed by atoms with Crippen LogP contribution in [0.25, 0.3) is 0 Å². The first kappa shape index (κ1) is 23.0. The quantitative estimate of drug-likeness (QED) is 0.708. The maximum absolute atomic E-state index is 13.1. The van der Waals surface area contributed by atoms with E-state index in [0.29, 0.717) is 57.2 Å². The van der Waals surface area contributed by atoms with Gasteiger partial charge >= 0.3 is 0 Å². The van der Waals surface area contributed by atoms with Gasteiger partial charge < -0.3 is 14.3 Å². The zero-order valence-corrected chi connectivity index (χ0v) is 19.4. The molecule has 0 N–H and O–H groups in total. The Kier molecular flexibility index (Phi) is 6.82. The number of carbonyl (C=O) groups excluding carboxylic acids is 2. The van der Waals surface area contributed by atoms with Gasteiger partial charge in [-0.25, -0.2) is 0 Å². The van der Waals surface area contributed by atoms with Gasteiger partial charge in [-0.15, -0.1) is 0 Å². The molecule has 1 aromatic heterocycles. The Balaban J connectivity index is 1.45. The van der Waals surface area contributed by atoms with E-state index in [1.807, 2.05) is 74.8 Å². The van der Waals surface area contributed by atoms with Gasteiger partial charge in [-0.2, -0.15) is 4.98 Å². The number of carbonyl (C=O) groups is 2. The van der Waals surface area contributed by atoms with Crippen LogP contribution < -0.4 is 0 Å². The Bertz CT molecular complexity index is 891. The molecule has 7 nitrogen and oxygen atoms in total. The summed E-state index contributed by atoms with van der Waals surface area (Å²) < 4.78 is 5.30. The summed E-state index contributed by atoms with van der Waals surface area (Å²) in [4.78, 5) is 33.9. The van der Waals surface area contributed by atoms with Crippen LogP contribution in [0, 0.1) is 0 Å². The molecule has 1 aromatic carbocycles. The van der Waals surface area contributed by atoms with Crippen LogP contribution in [0.4, 0.5) is 0 Å². The van der Waals surface area contributed by atoms with Crippen molar-refractivity contribution in [3.63, 3.8) is 0 Å². The minimum Gasteiger partial charge on any atom is -0.339 e. The summed E-state index contributed by atoms with van der Waals surface area (Å²) in [5.74, 6) is 1.49. The van der Waals surface area contributed by atoms with E-state index in [1.54, 1.807) is 0 Å². The third kappa shape index (κ3) is 5.51. The van der Waals surface area contributed by atoms with Crippen molar-refractivity contribution in [2.45, 2.75) is 64.7 Å². The number of benzene rings is 1. The van der Waals surface area contributed by atoms with Gasteiger partial charge in [0.1, 0.15) is 0 Å². The lowest BCUT2D eigenvalue weighted by atomic mass is 9.83. The molecule has 0 aliphatic carbocycles. The molecule has 2 amide bonds. The Morgan fingerprint density at radius 1 is 0.968 bits per heavy atom. The summed E-state index contributed by atoms with van der Waals surface area (Å²) in [6.45, 7) is 12.3. The molecule has 0 spiro atoms. The fourth-order valence-electron chi connectivity index (χ4n) is 3.74. The fraction of sp³-hybridized carbons (Fsp3) is 0.583. The van der Waals surface area contributed by atoms with E-state index in [2.05, 4.69) is 10.1 Å². The maximum Gasteiger partial charge on any atom is 0.232 e. The molecule has 0 unspecified atom stereocenters. The minimum atomic E-state index is -0.580. The molecule has 1 aliphatic heterocycles. The molecule has 2 heterocycles. The summed E-state index contributed by atoms with van der Waals surface area (Å²) in [6.07, 6.45) is 1.71. The lowest BCUT2D eigenvalue weighted by molar-refractivity contribution is -0.142. The minimum absolute atomic E-state index is 0.108. The van der Waals surface area contributed by atoms with Crippen LogP contribution in [0.5, 0.6) is 0 Å². The number of hydrogen-bond acceptors (Lipinski definition) is 5. The summed E-state index contributed by atoms with van der Waals surface area (Å²) in [7, 11) is 0. The van der Waals surface area contributed by atoms with E-state index < -0.39 is 5.41 Å². The van der Waals surface area contributed by atoms with Crippen molar-refractivity contribution < 1.29 is 14.1 Å². The fourth-order valence-corrected chi connectivity index (χ4v) is 3.74. The number of rotatable bonds is 6. The van der Waals surface area contributed by atoms with E-state index in [-0.39, 0.29) is 17.2 Å². The molecule has 0 atom stereocenters. The van der Waals surface area contributed by atoms with Gasteiger partial charge in [0.05, 0.1) is 5.41 Å². The second-order valence-electron chi connectivity index (χ2n) is 9.78. The van der Waals surface area contributed by atoms with Crippen molar-refractivity contribution in [2.24, 2.45) is 0 Å². The highest BCUT2D eigenvalue weighted by Gasteiger charge is 2.35. The van der Waals surface area contributed by atoms with E-state index in [4.69, 9.17) is 4.52 Å². The Morgan fingerprint density at radius 3 is 2.16 bits per heavy atom. The number of aryl methyl sites for hydroxylation is 1. The Morgan fingerprint density at radius 2 is 1.58 bits per heavy atom. The second-order valence-corrected chi connectivity index (χ2v) is 9.78. The van der Waals surface area contributed by atoms with Crippen LogP contribution in [0.15, 0.2) is 34.9 Å². The smallest absolute Gasteiger partial charge is 0.232 e. The highest BCUT2D eigenvalue weighted by molar-refractivity contribution is 5.87. The SMILES string of the molecule is CC(C)(C)c1noc(CCCC(=O)N2CCN(C(=O)C(C)(C)c3ccccc3)CC2)n1. The number of aromatic nitrogens is 2. The lowest BCUT2D eigenvalue weighted by Gasteiger charge is -2.38.